The molecule has 0 bridgehead atoms. The van der Waals surface area contributed by atoms with E-state index in [1.807, 2.05) is 4.90 Å². The molecule has 6 heteroatoms. The molecule has 1 N–H and O–H groups in total. The lowest BCUT2D eigenvalue weighted by Crippen LogP contribution is -2.58. The molecule has 1 atom stereocenters. The van der Waals surface area contributed by atoms with Crippen molar-refractivity contribution in [3.8, 4) is 0 Å². The number of piperazine rings is 1. The van der Waals surface area contributed by atoms with Gasteiger partial charge in [0.15, 0.2) is 0 Å². The van der Waals surface area contributed by atoms with Gasteiger partial charge in [0.2, 0.25) is 11.8 Å². The molecule has 1 aromatic rings. The molecular weight excluding hydrogens is 357 g/mol. The van der Waals surface area contributed by atoms with Crippen LogP contribution in [0.4, 0.5) is 4.39 Å². The smallest absolute Gasteiger partial charge is 0.237 e. The second-order valence-corrected chi connectivity index (χ2v) is 8.43. The minimum absolute atomic E-state index is 0.00266. The zero-order valence-electron chi connectivity index (χ0n) is 16.4. The number of benzene rings is 1. The number of nitrogens with one attached hydrogen (secondary N) is 1. The van der Waals surface area contributed by atoms with Gasteiger partial charge in [-0.15, -0.1) is 0 Å². The summed E-state index contributed by atoms with van der Waals surface area (Å²) in [4.78, 5) is 29.6. The van der Waals surface area contributed by atoms with Gasteiger partial charge in [0.25, 0.3) is 0 Å². The second kappa shape index (κ2) is 8.60. The first kappa shape index (κ1) is 19.4. The molecule has 152 valence electrons. The van der Waals surface area contributed by atoms with Gasteiger partial charge in [-0.1, -0.05) is 31.0 Å². The van der Waals surface area contributed by atoms with Crippen LogP contribution < -0.4 is 5.32 Å². The van der Waals surface area contributed by atoms with E-state index >= 15 is 0 Å². The third-order valence-corrected chi connectivity index (χ3v) is 6.47. The Bertz CT molecular complexity index is 707. The number of carbonyl (C=O) groups is 2. The summed E-state index contributed by atoms with van der Waals surface area (Å²) in [6.07, 6.45) is 6.53. The molecule has 1 unspecified atom stereocenters. The fraction of sp³-hybridized carbons (Fsp3) is 0.636. The summed E-state index contributed by atoms with van der Waals surface area (Å²) < 4.78 is 13.9. The van der Waals surface area contributed by atoms with Crippen molar-refractivity contribution in [2.24, 2.45) is 11.8 Å². The van der Waals surface area contributed by atoms with Gasteiger partial charge in [-0.25, -0.2) is 4.39 Å². The normalized spacial score (nSPS) is 22.2. The van der Waals surface area contributed by atoms with Crippen LogP contribution in [0, 0.1) is 17.7 Å². The zero-order chi connectivity index (χ0) is 19.5. The van der Waals surface area contributed by atoms with Gasteiger partial charge < -0.3 is 10.2 Å². The van der Waals surface area contributed by atoms with E-state index in [9.17, 15) is 14.0 Å². The fourth-order valence-corrected chi connectivity index (χ4v) is 4.69. The molecule has 3 aliphatic rings. The minimum atomic E-state index is -0.285. The Morgan fingerprint density at radius 1 is 1.04 bits per heavy atom. The van der Waals surface area contributed by atoms with E-state index in [1.165, 1.54) is 18.9 Å². The van der Waals surface area contributed by atoms with Crippen molar-refractivity contribution in [2.75, 3.05) is 26.2 Å². The second-order valence-electron chi connectivity index (χ2n) is 8.43. The first-order valence-electron chi connectivity index (χ1n) is 10.7. The number of amides is 2. The molecule has 2 saturated carbocycles. The Balaban J connectivity index is 1.38. The van der Waals surface area contributed by atoms with Crippen molar-refractivity contribution in [1.29, 1.82) is 0 Å². The molecule has 28 heavy (non-hydrogen) atoms. The highest BCUT2D eigenvalue weighted by molar-refractivity contribution is 5.83. The van der Waals surface area contributed by atoms with E-state index in [1.54, 1.807) is 18.2 Å². The maximum Gasteiger partial charge on any atom is 0.237 e. The molecule has 4 rings (SSSR count). The quantitative estimate of drug-likeness (QED) is 0.816. The Hall–Kier alpha value is -1.95. The van der Waals surface area contributed by atoms with Gasteiger partial charge >= 0.3 is 0 Å². The lowest BCUT2D eigenvalue weighted by atomic mass is 9.94. The van der Waals surface area contributed by atoms with Crippen LogP contribution in [0.1, 0.15) is 44.1 Å². The minimum Gasteiger partial charge on any atom is -0.351 e. The number of nitrogens with zero attached hydrogens (tertiary/aromatic N) is 2. The Morgan fingerprint density at radius 2 is 1.71 bits per heavy atom. The largest absolute Gasteiger partial charge is 0.351 e. The highest BCUT2D eigenvalue weighted by atomic mass is 19.1. The summed E-state index contributed by atoms with van der Waals surface area (Å²) in [6, 6.07) is 6.40. The van der Waals surface area contributed by atoms with Crippen molar-refractivity contribution in [3.63, 3.8) is 0 Å². The van der Waals surface area contributed by atoms with Crippen LogP contribution in [0.2, 0.25) is 0 Å². The summed E-state index contributed by atoms with van der Waals surface area (Å²) in [5.74, 6) is 0.609. The van der Waals surface area contributed by atoms with E-state index < -0.39 is 0 Å². The topological polar surface area (TPSA) is 52.7 Å². The number of halogens is 1. The summed E-state index contributed by atoms with van der Waals surface area (Å²) >= 11 is 0. The number of hydrogen-bond acceptors (Lipinski definition) is 3. The molecular formula is C22H30FN3O2. The summed E-state index contributed by atoms with van der Waals surface area (Å²) in [5, 5.41) is 2.98. The van der Waals surface area contributed by atoms with Crippen LogP contribution in [-0.2, 0) is 16.1 Å². The Kier molecular flexibility index (Phi) is 5.95. The molecule has 2 aliphatic carbocycles. The number of rotatable bonds is 6. The molecule has 1 aliphatic heterocycles. The van der Waals surface area contributed by atoms with E-state index in [0.717, 1.165) is 38.8 Å². The third kappa shape index (κ3) is 4.37. The van der Waals surface area contributed by atoms with Gasteiger partial charge in [-0.05, 0) is 37.7 Å². The van der Waals surface area contributed by atoms with E-state index in [2.05, 4.69) is 10.2 Å². The number of hydrogen-bond donors (Lipinski definition) is 1. The van der Waals surface area contributed by atoms with Crippen LogP contribution >= 0.6 is 0 Å². The lowest BCUT2D eigenvalue weighted by Gasteiger charge is -2.40. The summed E-state index contributed by atoms with van der Waals surface area (Å²) in [5.41, 5.74) is 0.515. The van der Waals surface area contributed by atoms with Crippen molar-refractivity contribution >= 4 is 11.8 Å². The molecule has 1 aromatic carbocycles. The van der Waals surface area contributed by atoms with Crippen molar-refractivity contribution in [2.45, 2.75) is 51.1 Å². The van der Waals surface area contributed by atoms with Crippen LogP contribution in [0.3, 0.4) is 0 Å². The van der Waals surface area contributed by atoms with E-state index in [-0.39, 0.29) is 30.2 Å². The molecule has 0 radical (unpaired) electrons. The zero-order valence-corrected chi connectivity index (χ0v) is 16.4. The molecule has 0 aromatic heterocycles. The first-order valence-corrected chi connectivity index (χ1v) is 10.7. The third-order valence-electron chi connectivity index (χ3n) is 6.47. The average molecular weight is 387 g/mol. The average Bonchev–Trinajstić information content (AvgIpc) is 3.43. The number of carbonyl (C=O) groups excluding carboxylic acids is 2. The molecule has 2 amide bonds. The first-order chi connectivity index (χ1) is 13.6. The lowest BCUT2D eigenvalue weighted by molar-refractivity contribution is -0.136. The van der Waals surface area contributed by atoms with Gasteiger partial charge in [-0.2, -0.15) is 0 Å². The maximum atomic E-state index is 13.9. The highest BCUT2D eigenvalue weighted by Crippen LogP contribution is 2.33. The Labute approximate surface area is 166 Å². The van der Waals surface area contributed by atoms with Gasteiger partial charge in [0, 0.05) is 44.2 Å². The van der Waals surface area contributed by atoms with Gasteiger partial charge in [0.1, 0.15) is 5.82 Å². The van der Waals surface area contributed by atoms with Crippen LogP contribution in [0.5, 0.6) is 0 Å². The molecule has 1 heterocycles. The predicted octanol–water partition coefficient (Wildman–Crippen LogP) is 2.55. The van der Waals surface area contributed by atoms with Gasteiger partial charge in [-0.3, -0.25) is 14.5 Å². The molecule has 1 saturated heterocycles. The van der Waals surface area contributed by atoms with Crippen LogP contribution in [0.25, 0.3) is 0 Å². The van der Waals surface area contributed by atoms with E-state index in [4.69, 9.17) is 0 Å². The summed E-state index contributed by atoms with van der Waals surface area (Å²) in [7, 11) is 0. The van der Waals surface area contributed by atoms with E-state index in [0.29, 0.717) is 30.5 Å². The fourth-order valence-electron chi connectivity index (χ4n) is 4.69. The monoisotopic (exact) mass is 387 g/mol. The van der Waals surface area contributed by atoms with Crippen molar-refractivity contribution < 1.29 is 14.0 Å². The van der Waals surface area contributed by atoms with Gasteiger partial charge in [0.05, 0.1) is 6.04 Å². The van der Waals surface area contributed by atoms with Crippen molar-refractivity contribution in [3.05, 3.63) is 35.6 Å². The Morgan fingerprint density at radius 3 is 2.36 bits per heavy atom. The molecule has 5 nitrogen and oxygen atoms in total. The van der Waals surface area contributed by atoms with Crippen LogP contribution in [-0.4, -0.2) is 53.8 Å². The standard InChI is InChI=1S/C22H30FN3O2/c23-19-8-4-3-7-18(19)15-24-21(27)20(16-5-1-2-6-16)25-11-13-26(14-12-25)22(28)17-9-10-17/h3-4,7-8,16-17,20H,1-2,5-6,9-15H2,(H,24,27). The summed E-state index contributed by atoms with van der Waals surface area (Å²) in [6.45, 7) is 3.12. The maximum absolute atomic E-state index is 13.9. The van der Waals surface area contributed by atoms with Crippen LogP contribution in [0.15, 0.2) is 24.3 Å². The molecule has 3 fully saturated rings. The SMILES string of the molecule is O=C(NCc1ccccc1F)C(C1CCCC1)N1CCN(C(=O)C2CC2)CC1. The van der Waals surface area contributed by atoms with Crippen molar-refractivity contribution in [1.82, 2.24) is 15.1 Å². The predicted molar refractivity (Wildman–Crippen MR) is 105 cm³/mol. The molecule has 0 spiro atoms. The highest BCUT2D eigenvalue weighted by Gasteiger charge is 2.39.